The Bertz CT molecular complexity index is 255. The summed E-state index contributed by atoms with van der Waals surface area (Å²) in [5.41, 5.74) is 0.387. The highest BCUT2D eigenvalue weighted by molar-refractivity contribution is 4.89. The van der Waals surface area contributed by atoms with E-state index in [1.54, 1.807) is 0 Å². The third-order valence-electron chi connectivity index (χ3n) is 4.67. The van der Waals surface area contributed by atoms with Crippen molar-refractivity contribution >= 4 is 0 Å². The van der Waals surface area contributed by atoms with Crippen LogP contribution in [-0.4, -0.2) is 62.6 Å². The van der Waals surface area contributed by atoms with Crippen LogP contribution in [0.5, 0.6) is 0 Å². The Balaban J connectivity index is 1.86. The topological polar surface area (TPSA) is 44.7 Å². The van der Waals surface area contributed by atoms with E-state index in [0.29, 0.717) is 17.9 Å². The Morgan fingerprint density at radius 3 is 2.79 bits per heavy atom. The molecule has 0 aromatic carbocycles. The second-order valence-electron chi connectivity index (χ2n) is 6.36. The normalized spacial score (nSPS) is 27.8. The van der Waals surface area contributed by atoms with Gasteiger partial charge < -0.3 is 20.1 Å². The summed E-state index contributed by atoms with van der Waals surface area (Å²) in [6, 6.07) is 0. The smallest absolute Gasteiger partial charge is 0.0472 e. The third-order valence-corrected chi connectivity index (χ3v) is 4.67. The molecule has 2 N–H and O–H groups in total. The minimum Gasteiger partial charge on any atom is -0.396 e. The average molecular weight is 270 g/mol. The summed E-state index contributed by atoms with van der Waals surface area (Å²) in [4.78, 5) is 2.56. The molecule has 0 bridgehead atoms. The summed E-state index contributed by atoms with van der Waals surface area (Å²) in [6.45, 7) is 10.0. The Morgan fingerprint density at radius 1 is 1.37 bits per heavy atom. The summed E-state index contributed by atoms with van der Waals surface area (Å²) in [5.74, 6) is 0.500. The fourth-order valence-electron chi connectivity index (χ4n) is 3.41. The lowest BCUT2D eigenvalue weighted by Gasteiger charge is -2.40. The highest BCUT2D eigenvalue weighted by atomic mass is 16.5. The number of rotatable bonds is 7. The van der Waals surface area contributed by atoms with Crippen molar-refractivity contribution in [3.63, 3.8) is 0 Å². The fourth-order valence-corrected chi connectivity index (χ4v) is 3.41. The van der Waals surface area contributed by atoms with Gasteiger partial charge in [0.15, 0.2) is 0 Å². The molecule has 19 heavy (non-hydrogen) atoms. The summed E-state index contributed by atoms with van der Waals surface area (Å²) < 4.78 is 5.55. The van der Waals surface area contributed by atoms with Gasteiger partial charge in [0.1, 0.15) is 0 Å². The van der Waals surface area contributed by atoms with Crippen molar-refractivity contribution < 1.29 is 9.84 Å². The maximum Gasteiger partial charge on any atom is 0.0472 e. The maximum absolute atomic E-state index is 9.27. The van der Waals surface area contributed by atoms with Crippen LogP contribution < -0.4 is 5.32 Å². The van der Waals surface area contributed by atoms with Gasteiger partial charge in [-0.15, -0.1) is 0 Å². The van der Waals surface area contributed by atoms with Gasteiger partial charge in [-0.25, -0.2) is 0 Å². The lowest BCUT2D eigenvalue weighted by atomic mass is 9.79. The number of nitrogens with zero attached hydrogens (tertiary/aromatic N) is 1. The first-order chi connectivity index (χ1) is 9.28. The molecular weight excluding hydrogens is 240 g/mol. The molecule has 112 valence electrons. The van der Waals surface area contributed by atoms with Crippen LogP contribution in [0.3, 0.4) is 0 Å². The standard InChI is InChI=1S/C15H30N2O2/c1-2-6-16-12-15(4-8-19-9-5-15)13-17-7-3-14(10-17)11-18/h14,16,18H,2-13H2,1H3. The number of nitrogens with one attached hydrogen (secondary N) is 1. The first-order valence-electron chi connectivity index (χ1n) is 7.90. The summed E-state index contributed by atoms with van der Waals surface area (Å²) in [5, 5.41) is 12.9. The van der Waals surface area contributed by atoms with E-state index in [1.165, 1.54) is 25.8 Å². The Kier molecular flexibility index (Phi) is 6.07. The quantitative estimate of drug-likeness (QED) is 0.680. The molecule has 0 amide bonds. The molecule has 2 rings (SSSR count). The monoisotopic (exact) mass is 270 g/mol. The molecule has 0 aromatic rings. The zero-order chi connectivity index (χ0) is 13.6. The van der Waals surface area contributed by atoms with Gasteiger partial charge in [-0.3, -0.25) is 0 Å². The summed E-state index contributed by atoms with van der Waals surface area (Å²) in [6.07, 6.45) is 4.70. The molecule has 2 aliphatic rings. The molecule has 1 unspecified atom stereocenters. The SMILES string of the molecule is CCCNCC1(CN2CCC(CO)C2)CCOCC1. The molecule has 2 heterocycles. The van der Waals surface area contributed by atoms with Crippen molar-refractivity contribution in [2.24, 2.45) is 11.3 Å². The van der Waals surface area contributed by atoms with Crippen molar-refractivity contribution in [1.82, 2.24) is 10.2 Å². The van der Waals surface area contributed by atoms with E-state index < -0.39 is 0 Å². The zero-order valence-electron chi connectivity index (χ0n) is 12.4. The molecule has 0 aliphatic carbocycles. The van der Waals surface area contributed by atoms with Gasteiger partial charge in [-0.1, -0.05) is 6.92 Å². The average Bonchev–Trinajstić information content (AvgIpc) is 2.87. The van der Waals surface area contributed by atoms with Crippen molar-refractivity contribution in [1.29, 1.82) is 0 Å². The van der Waals surface area contributed by atoms with Crippen molar-refractivity contribution in [2.75, 3.05) is 52.5 Å². The molecule has 2 fully saturated rings. The molecule has 0 saturated carbocycles. The van der Waals surface area contributed by atoms with Crippen molar-refractivity contribution in [3.05, 3.63) is 0 Å². The predicted molar refractivity (Wildman–Crippen MR) is 77.3 cm³/mol. The molecular formula is C15H30N2O2. The molecule has 4 nitrogen and oxygen atoms in total. The number of hydrogen-bond donors (Lipinski definition) is 2. The van der Waals surface area contributed by atoms with Crippen LogP contribution in [-0.2, 0) is 4.74 Å². The number of ether oxygens (including phenoxy) is 1. The van der Waals surface area contributed by atoms with E-state index in [2.05, 4.69) is 17.1 Å². The molecule has 2 aliphatic heterocycles. The number of aliphatic hydroxyl groups excluding tert-OH is 1. The summed E-state index contributed by atoms with van der Waals surface area (Å²) >= 11 is 0. The molecule has 4 heteroatoms. The first-order valence-corrected chi connectivity index (χ1v) is 7.90. The number of hydrogen-bond acceptors (Lipinski definition) is 4. The van der Waals surface area contributed by atoms with Gasteiger partial charge in [-0.2, -0.15) is 0 Å². The molecule has 0 spiro atoms. The third kappa shape index (κ3) is 4.42. The van der Waals surface area contributed by atoms with Crippen molar-refractivity contribution in [3.8, 4) is 0 Å². The molecule has 2 saturated heterocycles. The minimum absolute atomic E-state index is 0.348. The molecule has 0 aromatic heterocycles. The minimum atomic E-state index is 0.348. The van der Waals surface area contributed by atoms with Gasteiger partial charge >= 0.3 is 0 Å². The van der Waals surface area contributed by atoms with Crippen LogP contribution in [0.1, 0.15) is 32.6 Å². The van der Waals surface area contributed by atoms with Crippen molar-refractivity contribution in [2.45, 2.75) is 32.6 Å². The lowest BCUT2D eigenvalue weighted by molar-refractivity contribution is -0.00166. The van der Waals surface area contributed by atoms with Crippen LogP contribution in [0.4, 0.5) is 0 Å². The summed E-state index contributed by atoms with van der Waals surface area (Å²) in [7, 11) is 0. The molecule has 1 atom stereocenters. The fraction of sp³-hybridized carbons (Fsp3) is 1.00. The predicted octanol–water partition coefficient (Wildman–Crippen LogP) is 1.10. The van der Waals surface area contributed by atoms with E-state index in [9.17, 15) is 5.11 Å². The number of aliphatic hydroxyl groups is 1. The maximum atomic E-state index is 9.27. The second-order valence-corrected chi connectivity index (χ2v) is 6.36. The Labute approximate surface area is 117 Å². The Hall–Kier alpha value is -0.160. The van der Waals surface area contributed by atoms with Crippen LogP contribution in [0.25, 0.3) is 0 Å². The van der Waals surface area contributed by atoms with Gasteiger partial charge in [0.25, 0.3) is 0 Å². The molecule has 0 radical (unpaired) electrons. The van der Waals surface area contributed by atoms with E-state index in [1.807, 2.05) is 0 Å². The first kappa shape index (κ1) is 15.2. The van der Waals surface area contributed by atoms with E-state index in [0.717, 1.165) is 45.8 Å². The van der Waals surface area contributed by atoms with Gasteiger partial charge in [0.2, 0.25) is 0 Å². The van der Waals surface area contributed by atoms with Gasteiger partial charge in [-0.05, 0) is 50.1 Å². The Morgan fingerprint density at radius 2 is 2.16 bits per heavy atom. The van der Waals surface area contributed by atoms with Crippen LogP contribution in [0, 0.1) is 11.3 Å². The van der Waals surface area contributed by atoms with Crippen LogP contribution in [0.15, 0.2) is 0 Å². The second kappa shape index (κ2) is 7.58. The van der Waals surface area contributed by atoms with Gasteiger partial charge in [0.05, 0.1) is 0 Å². The van der Waals surface area contributed by atoms with Crippen LogP contribution >= 0.6 is 0 Å². The van der Waals surface area contributed by atoms with E-state index >= 15 is 0 Å². The highest BCUT2D eigenvalue weighted by Crippen LogP contribution is 2.32. The van der Waals surface area contributed by atoms with E-state index in [4.69, 9.17) is 4.74 Å². The van der Waals surface area contributed by atoms with Gasteiger partial charge in [0, 0.05) is 39.5 Å². The number of likely N-dealkylation sites (tertiary alicyclic amines) is 1. The highest BCUT2D eigenvalue weighted by Gasteiger charge is 2.36. The lowest BCUT2D eigenvalue weighted by Crippen LogP contribution is -2.47. The van der Waals surface area contributed by atoms with E-state index in [-0.39, 0.29) is 0 Å². The van der Waals surface area contributed by atoms with Crippen LogP contribution in [0.2, 0.25) is 0 Å². The largest absolute Gasteiger partial charge is 0.396 e. The zero-order valence-corrected chi connectivity index (χ0v) is 12.4.